The highest BCUT2D eigenvalue weighted by atomic mass is 16.2. The van der Waals surface area contributed by atoms with Crippen molar-refractivity contribution in [3.05, 3.63) is 35.9 Å². The molecule has 0 saturated heterocycles. The van der Waals surface area contributed by atoms with Gasteiger partial charge in [0, 0.05) is 32.0 Å². The van der Waals surface area contributed by atoms with Crippen molar-refractivity contribution in [1.29, 1.82) is 0 Å². The quantitative estimate of drug-likeness (QED) is 0.798. The lowest BCUT2D eigenvalue weighted by Crippen LogP contribution is -2.36. The van der Waals surface area contributed by atoms with Crippen molar-refractivity contribution in [2.24, 2.45) is 17.4 Å². The predicted molar refractivity (Wildman–Crippen MR) is 85.6 cm³/mol. The molecule has 120 valence electrons. The van der Waals surface area contributed by atoms with Crippen molar-refractivity contribution in [2.75, 3.05) is 6.54 Å². The summed E-state index contributed by atoms with van der Waals surface area (Å²) < 4.78 is 0. The molecular formula is C17H25N3O2. The van der Waals surface area contributed by atoms with Crippen LogP contribution in [0.2, 0.25) is 0 Å². The van der Waals surface area contributed by atoms with E-state index in [1.807, 2.05) is 30.3 Å². The third kappa shape index (κ3) is 4.84. The van der Waals surface area contributed by atoms with E-state index in [1.165, 1.54) is 0 Å². The van der Waals surface area contributed by atoms with Gasteiger partial charge in [0.2, 0.25) is 11.8 Å². The molecule has 4 N–H and O–H groups in total. The monoisotopic (exact) mass is 303 g/mol. The van der Waals surface area contributed by atoms with Gasteiger partial charge in [0.1, 0.15) is 0 Å². The summed E-state index contributed by atoms with van der Waals surface area (Å²) in [5, 5.41) is 0. The van der Waals surface area contributed by atoms with Crippen LogP contribution in [0, 0.1) is 5.92 Å². The Labute approximate surface area is 131 Å². The third-order valence-electron chi connectivity index (χ3n) is 4.35. The molecule has 5 heteroatoms. The van der Waals surface area contributed by atoms with Crippen LogP contribution in [0.15, 0.2) is 30.3 Å². The Kier molecular flexibility index (Phi) is 5.95. The van der Waals surface area contributed by atoms with Gasteiger partial charge >= 0.3 is 0 Å². The molecule has 0 heterocycles. The van der Waals surface area contributed by atoms with Crippen LogP contribution < -0.4 is 11.5 Å². The Hall–Kier alpha value is -1.88. The Morgan fingerprint density at radius 1 is 1.18 bits per heavy atom. The number of primary amides is 1. The fourth-order valence-electron chi connectivity index (χ4n) is 3.01. The van der Waals surface area contributed by atoms with Gasteiger partial charge in [-0.25, -0.2) is 0 Å². The van der Waals surface area contributed by atoms with E-state index in [1.54, 1.807) is 4.90 Å². The van der Waals surface area contributed by atoms with E-state index in [9.17, 15) is 9.59 Å². The zero-order chi connectivity index (χ0) is 15.9. The summed E-state index contributed by atoms with van der Waals surface area (Å²) in [6.07, 6.45) is 3.76. The fourth-order valence-corrected chi connectivity index (χ4v) is 3.01. The molecule has 1 aromatic rings. The number of carbonyl (C=O) groups is 2. The van der Waals surface area contributed by atoms with Crippen LogP contribution in [0.5, 0.6) is 0 Å². The van der Waals surface area contributed by atoms with Crippen molar-refractivity contribution < 1.29 is 9.59 Å². The van der Waals surface area contributed by atoms with Crippen LogP contribution in [0.25, 0.3) is 0 Å². The molecule has 2 rings (SSSR count). The molecule has 2 amide bonds. The number of nitrogens with two attached hydrogens (primary N) is 2. The average Bonchev–Trinajstić information content (AvgIpc) is 2.89. The number of benzene rings is 1. The second kappa shape index (κ2) is 7.94. The lowest BCUT2D eigenvalue weighted by Gasteiger charge is -2.25. The molecule has 5 nitrogen and oxygen atoms in total. The number of hydrogen-bond acceptors (Lipinski definition) is 3. The lowest BCUT2D eigenvalue weighted by molar-refractivity contribution is -0.133. The third-order valence-corrected chi connectivity index (χ3v) is 4.35. The Balaban J connectivity index is 1.99. The maximum atomic E-state index is 12.6. The van der Waals surface area contributed by atoms with E-state index in [0.717, 1.165) is 24.8 Å². The molecule has 1 fully saturated rings. The average molecular weight is 303 g/mol. The molecule has 1 saturated carbocycles. The molecule has 1 aliphatic carbocycles. The number of rotatable bonds is 7. The fraction of sp³-hybridized carbons (Fsp3) is 0.529. The zero-order valence-corrected chi connectivity index (χ0v) is 12.9. The number of amides is 2. The summed E-state index contributed by atoms with van der Waals surface area (Å²) in [6, 6.07) is 9.91. The summed E-state index contributed by atoms with van der Waals surface area (Å²) in [7, 11) is 0. The number of nitrogens with zero attached hydrogens (tertiary/aromatic N) is 1. The second-order valence-electron chi connectivity index (χ2n) is 6.08. The van der Waals surface area contributed by atoms with Crippen molar-refractivity contribution >= 4 is 11.8 Å². The summed E-state index contributed by atoms with van der Waals surface area (Å²) in [5.41, 5.74) is 12.3. The minimum absolute atomic E-state index is 0.0625. The number of hydrogen-bond donors (Lipinski definition) is 2. The van der Waals surface area contributed by atoms with E-state index < -0.39 is 0 Å². The lowest BCUT2D eigenvalue weighted by atomic mass is 9.99. The zero-order valence-electron chi connectivity index (χ0n) is 12.9. The van der Waals surface area contributed by atoms with Crippen LogP contribution in [0.1, 0.15) is 37.7 Å². The van der Waals surface area contributed by atoms with Gasteiger partial charge < -0.3 is 16.4 Å². The Morgan fingerprint density at radius 2 is 1.91 bits per heavy atom. The summed E-state index contributed by atoms with van der Waals surface area (Å²) in [4.78, 5) is 25.3. The topological polar surface area (TPSA) is 89.4 Å². The maximum absolute atomic E-state index is 12.6. The number of carbonyl (C=O) groups excluding carboxylic acids is 2. The SMILES string of the molecule is NC(=O)CCN(Cc1ccccc1)C(=O)C[C@@H]1CCC[C@H]1N. The smallest absolute Gasteiger partial charge is 0.223 e. The molecule has 1 aliphatic rings. The first-order valence-corrected chi connectivity index (χ1v) is 7.92. The van der Waals surface area contributed by atoms with Crippen molar-refractivity contribution in [3.8, 4) is 0 Å². The molecule has 0 unspecified atom stereocenters. The van der Waals surface area contributed by atoms with Gasteiger partial charge in [-0.2, -0.15) is 0 Å². The highest BCUT2D eigenvalue weighted by molar-refractivity contribution is 5.78. The maximum Gasteiger partial charge on any atom is 0.223 e. The molecule has 1 aromatic carbocycles. The van der Waals surface area contributed by atoms with E-state index in [0.29, 0.717) is 19.5 Å². The Bertz CT molecular complexity index is 504. The first kappa shape index (κ1) is 16.5. The molecular weight excluding hydrogens is 278 g/mol. The van der Waals surface area contributed by atoms with E-state index >= 15 is 0 Å². The first-order valence-electron chi connectivity index (χ1n) is 7.92. The van der Waals surface area contributed by atoms with Crippen molar-refractivity contribution in [1.82, 2.24) is 4.90 Å². The highest BCUT2D eigenvalue weighted by Gasteiger charge is 2.28. The first-order chi connectivity index (χ1) is 10.6. The van der Waals surface area contributed by atoms with Gasteiger partial charge in [0.05, 0.1) is 0 Å². The minimum Gasteiger partial charge on any atom is -0.370 e. The van der Waals surface area contributed by atoms with Gasteiger partial charge in [-0.05, 0) is 24.3 Å². The van der Waals surface area contributed by atoms with Gasteiger partial charge in [-0.15, -0.1) is 0 Å². The molecule has 22 heavy (non-hydrogen) atoms. The van der Waals surface area contributed by atoms with Gasteiger partial charge in [-0.3, -0.25) is 9.59 Å². The largest absolute Gasteiger partial charge is 0.370 e. The van der Waals surface area contributed by atoms with Crippen molar-refractivity contribution in [3.63, 3.8) is 0 Å². The van der Waals surface area contributed by atoms with E-state index in [2.05, 4.69) is 0 Å². The van der Waals surface area contributed by atoms with Crippen LogP contribution in [0.4, 0.5) is 0 Å². The summed E-state index contributed by atoms with van der Waals surface area (Å²) in [6.45, 7) is 0.875. The van der Waals surface area contributed by atoms with Crippen LogP contribution in [-0.4, -0.2) is 29.3 Å². The van der Waals surface area contributed by atoms with E-state index in [-0.39, 0.29) is 30.2 Å². The van der Waals surface area contributed by atoms with E-state index in [4.69, 9.17) is 11.5 Å². The van der Waals surface area contributed by atoms with Crippen LogP contribution >= 0.6 is 0 Å². The minimum atomic E-state index is -0.386. The van der Waals surface area contributed by atoms with Gasteiger partial charge in [0.25, 0.3) is 0 Å². The summed E-state index contributed by atoms with van der Waals surface area (Å²) in [5.74, 6) is -0.0600. The van der Waals surface area contributed by atoms with Gasteiger partial charge in [0.15, 0.2) is 0 Å². The van der Waals surface area contributed by atoms with Crippen LogP contribution in [-0.2, 0) is 16.1 Å². The molecule has 2 atom stereocenters. The predicted octanol–water partition coefficient (Wildman–Crippen LogP) is 1.41. The molecule has 0 radical (unpaired) electrons. The molecule has 0 spiro atoms. The Morgan fingerprint density at radius 3 is 2.50 bits per heavy atom. The molecule has 0 bridgehead atoms. The highest BCUT2D eigenvalue weighted by Crippen LogP contribution is 2.27. The normalized spacial score (nSPS) is 20.8. The standard InChI is InChI=1S/C17H25N3O2/c18-15-8-4-7-14(15)11-17(22)20(10-9-16(19)21)12-13-5-2-1-3-6-13/h1-3,5-6,14-15H,4,7-12,18H2,(H2,19,21)/t14-,15+/m0/s1. The summed E-state index contributed by atoms with van der Waals surface area (Å²) >= 11 is 0. The molecule has 0 aliphatic heterocycles. The van der Waals surface area contributed by atoms with Crippen LogP contribution in [0.3, 0.4) is 0 Å². The van der Waals surface area contributed by atoms with Gasteiger partial charge in [-0.1, -0.05) is 36.8 Å². The molecule has 0 aromatic heterocycles. The second-order valence-corrected chi connectivity index (χ2v) is 6.08. The van der Waals surface area contributed by atoms with Crippen molar-refractivity contribution in [2.45, 2.75) is 44.7 Å².